The fourth-order valence-corrected chi connectivity index (χ4v) is 2.53. The molecule has 0 bridgehead atoms. The molecule has 1 fully saturated rings. The second-order valence-corrected chi connectivity index (χ2v) is 6.53. The zero-order chi connectivity index (χ0) is 10.1. The third kappa shape index (κ3) is 3.27. The zero-order valence-electron chi connectivity index (χ0n) is 8.63. The van der Waals surface area contributed by atoms with Crippen LogP contribution in [0.2, 0.25) is 0 Å². The van der Waals surface area contributed by atoms with Gasteiger partial charge in [0.05, 0.1) is 6.26 Å². The summed E-state index contributed by atoms with van der Waals surface area (Å²) in [5, 5.41) is 0. The van der Waals surface area contributed by atoms with Gasteiger partial charge in [0.15, 0.2) is 0 Å². The van der Waals surface area contributed by atoms with Gasteiger partial charge in [0.2, 0.25) is 10.0 Å². The molecule has 1 atom stereocenters. The lowest BCUT2D eigenvalue weighted by molar-refractivity contribution is 0.261. The van der Waals surface area contributed by atoms with Crippen molar-refractivity contribution in [3.8, 4) is 0 Å². The van der Waals surface area contributed by atoms with Crippen molar-refractivity contribution in [1.29, 1.82) is 0 Å². The third-order valence-electron chi connectivity index (χ3n) is 3.07. The molecule has 0 saturated heterocycles. The van der Waals surface area contributed by atoms with E-state index in [4.69, 9.17) is 0 Å². The van der Waals surface area contributed by atoms with E-state index in [2.05, 4.69) is 18.6 Å². The second-order valence-electron chi connectivity index (χ2n) is 4.70. The average molecular weight is 205 g/mol. The lowest BCUT2D eigenvalue weighted by atomic mass is 9.82. The smallest absolute Gasteiger partial charge is 0.208 e. The molecule has 0 aromatic rings. The summed E-state index contributed by atoms with van der Waals surface area (Å²) < 4.78 is 24.4. The Labute approximate surface area is 81.0 Å². The molecule has 1 unspecified atom stereocenters. The lowest BCUT2D eigenvalue weighted by Gasteiger charge is -2.26. The van der Waals surface area contributed by atoms with Gasteiger partial charge < -0.3 is 0 Å². The molecule has 0 aliphatic heterocycles. The molecule has 0 radical (unpaired) electrons. The standard InChI is InChI=1S/C9H19NO2S/c1-9(2)6-4-5-8(9)7-10-13(3,11)12/h8,10H,4-7H2,1-3H3. The predicted octanol–water partition coefficient (Wildman–Crippen LogP) is 1.36. The number of rotatable bonds is 3. The van der Waals surface area contributed by atoms with Crippen molar-refractivity contribution in [2.45, 2.75) is 33.1 Å². The Morgan fingerprint density at radius 2 is 2.08 bits per heavy atom. The summed E-state index contributed by atoms with van der Waals surface area (Å²) in [6.45, 7) is 5.04. The van der Waals surface area contributed by atoms with Gasteiger partial charge in [0, 0.05) is 6.54 Å². The van der Waals surface area contributed by atoms with Gasteiger partial charge in [-0.2, -0.15) is 0 Å². The maximum absolute atomic E-state index is 10.9. The van der Waals surface area contributed by atoms with Gasteiger partial charge in [-0.05, 0) is 24.2 Å². The minimum Gasteiger partial charge on any atom is -0.215 e. The van der Waals surface area contributed by atoms with Gasteiger partial charge in [0.25, 0.3) is 0 Å². The minimum atomic E-state index is -3.01. The summed E-state index contributed by atoms with van der Waals surface area (Å²) in [5.41, 5.74) is 0.303. The van der Waals surface area contributed by atoms with Crippen LogP contribution in [0.4, 0.5) is 0 Å². The van der Waals surface area contributed by atoms with Crippen LogP contribution in [0.1, 0.15) is 33.1 Å². The van der Waals surface area contributed by atoms with Crippen LogP contribution in [0.5, 0.6) is 0 Å². The Hall–Kier alpha value is -0.0900. The third-order valence-corrected chi connectivity index (χ3v) is 3.76. The average Bonchev–Trinajstić information content (AvgIpc) is 2.23. The van der Waals surface area contributed by atoms with E-state index in [1.807, 2.05) is 0 Å². The van der Waals surface area contributed by atoms with Crippen molar-refractivity contribution < 1.29 is 8.42 Å². The van der Waals surface area contributed by atoms with Crippen LogP contribution in [0, 0.1) is 11.3 Å². The first-order chi connectivity index (χ1) is 5.81. The molecule has 0 aromatic heterocycles. The van der Waals surface area contributed by atoms with Crippen molar-refractivity contribution in [1.82, 2.24) is 4.72 Å². The van der Waals surface area contributed by atoms with Gasteiger partial charge in [-0.15, -0.1) is 0 Å². The Morgan fingerprint density at radius 1 is 1.46 bits per heavy atom. The minimum absolute atomic E-state index is 0.303. The van der Waals surface area contributed by atoms with E-state index in [0.717, 1.165) is 6.42 Å². The molecule has 4 heteroatoms. The summed E-state index contributed by atoms with van der Waals surface area (Å²) in [7, 11) is -3.01. The fraction of sp³-hybridized carbons (Fsp3) is 1.00. The predicted molar refractivity (Wildman–Crippen MR) is 54.0 cm³/mol. The number of hydrogen-bond donors (Lipinski definition) is 1. The van der Waals surface area contributed by atoms with Gasteiger partial charge in [0.1, 0.15) is 0 Å². The molecule has 1 N–H and O–H groups in total. The highest BCUT2D eigenvalue weighted by Gasteiger charge is 2.34. The molecule has 0 heterocycles. The Morgan fingerprint density at radius 3 is 2.46 bits per heavy atom. The van der Waals surface area contributed by atoms with E-state index in [0.29, 0.717) is 17.9 Å². The molecule has 78 valence electrons. The van der Waals surface area contributed by atoms with Crippen LogP contribution in [-0.2, 0) is 10.0 Å². The second kappa shape index (κ2) is 3.58. The van der Waals surface area contributed by atoms with Crippen LogP contribution in [-0.4, -0.2) is 21.2 Å². The molecule has 13 heavy (non-hydrogen) atoms. The quantitative estimate of drug-likeness (QED) is 0.756. The Bertz CT molecular complexity index is 269. The van der Waals surface area contributed by atoms with Gasteiger partial charge in [-0.1, -0.05) is 20.3 Å². The van der Waals surface area contributed by atoms with Crippen LogP contribution >= 0.6 is 0 Å². The molecule has 0 aromatic carbocycles. The molecule has 0 amide bonds. The summed E-state index contributed by atoms with van der Waals surface area (Å²) in [6, 6.07) is 0. The Kier molecular flexibility index (Phi) is 3.02. The largest absolute Gasteiger partial charge is 0.215 e. The number of sulfonamides is 1. The first-order valence-electron chi connectivity index (χ1n) is 4.76. The van der Waals surface area contributed by atoms with Crippen LogP contribution in [0.3, 0.4) is 0 Å². The Balaban J connectivity index is 2.46. The molecule has 0 spiro atoms. The molecule has 1 rings (SSSR count). The number of nitrogens with one attached hydrogen (secondary N) is 1. The topological polar surface area (TPSA) is 46.2 Å². The van der Waals surface area contributed by atoms with Crippen molar-refractivity contribution in [3.05, 3.63) is 0 Å². The van der Waals surface area contributed by atoms with Crippen molar-refractivity contribution in [3.63, 3.8) is 0 Å². The summed E-state index contributed by atoms with van der Waals surface area (Å²) in [6.07, 6.45) is 4.80. The van der Waals surface area contributed by atoms with Gasteiger partial charge in [-0.25, -0.2) is 13.1 Å². The normalized spacial score (nSPS) is 27.8. The molecule has 1 aliphatic rings. The molecular formula is C9H19NO2S. The van der Waals surface area contributed by atoms with E-state index in [9.17, 15) is 8.42 Å². The van der Waals surface area contributed by atoms with E-state index >= 15 is 0 Å². The highest BCUT2D eigenvalue weighted by atomic mass is 32.2. The SMILES string of the molecule is CC1(C)CCCC1CNS(C)(=O)=O. The maximum atomic E-state index is 10.9. The van der Waals surface area contributed by atoms with E-state index in [1.165, 1.54) is 19.1 Å². The molecule has 1 aliphatic carbocycles. The van der Waals surface area contributed by atoms with Crippen LogP contribution in [0.25, 0.3) is 0 Å². The van der Waals surface area contributed by atoms with Crippen molar-refractivity contribution in [2.75, 3.05) is 12.8 Å². The highest BCUT2D eigenvalue weighted by Crippen LogP contribution is 2.41. The van der Waals surface area contributed by atoms with Crippen molar-refractivity contribution in [2.24, 2.45) is 11.3 Å². The van der Waals surface area contributed by atoms with Crippen molar-refractivity contribution >= 4 is 10.0 Å². The van der Waals surface area contributed by atoms with E-state index in [-0.39, 0.29) is 0 Å². The lowest BCUT2D eigenvalue weighted by Crippen LogP contribution is -2.32. The molecular weight excluding hydrogens is 186 g/mol. The first-order valence-corrected chi connectivity index (χ1v) is 6.65. The van der Waals surface area contributed by atoms with Crippen LogP contribution < -0.4 is 4.72 Å². The van der Waals surface area contributed by atoms with Gasteiger partial charge >= 0.3 is 0 Å². The highest BCUT2D eigenvalue weighted by molar-refractivity contribution is 7.88. The molecule has 1 saturated carbocycles. The fourth-order valence-electron chi connectivity index (χ4n) is 2.03. The van der Waals surface area contributed by atoms with Gasteiger partial charge in [-0.3, -0.25) is 0 Å². The maximum Gasteiger partial charge on any atom is 0.208 e. The number of hydrogen-bond acceptors (Lipinski definition) is 2. The zero-order valence-corrected chi connectivity index (χ0v) is 9.45. The first kappa shape index (κ1) is 11.0. The van der Waals surface area contributed by atoms with Crippen LogP contribution in [0.15, 0.2) is 0 Å². The monoisotopic (exact) mass is 205 g/mol. The molecule has 3 nitrogen and oxygen atoms in total. The van der Waals surface area contributed by atoms with E-state index < -0.39 is 10.0 Å². The van der Waals surface area contributed by atoms with E-state index in [1.54, 1.807) is 0 Å². The summed E-state index contributed by atoms with van der Waals surface area (Å²) >= 11 is 0. The summed E-state index contributed by atoms with van der Waals surface area (Å²) in [4.78, 5) is 0. The summed E-state index contributed by atoms with van der Waals surface area (Å²) in [5.74, 6) is 0.502.